The first-order chi connectivity index (χ1) is 19.9. The standard InChI is InChI=1S/C32H45N5O4/c1-35(2)23-24-37-29(38)28(15-9-10-19-33-31(40)41-25-27-13-7-4-8-14-27)34-30(39)32(37)17-21-36(22-18-32)20-16-26-11-5-3-6-12-26/h3-8,11-14,28H,9-10,15-25H2,1-2H3,(H,33,40)(H,34,39)/t28-/m0/s1. The molecule has 1 atom stereocenters. The van der Waals surface area contributed by atoms with Crippen LogP contribution in [0.25, 0.3) is 0 Å². The predicted octanol–water partition coefficient (Wildman–Crippen LogP) is 3.05. The zero-order valence-electron chi connectivity index (χ0n) is 24.5. The molecule has 2 aliphatic rings. The van der Waals surface area contributed by atoms with Crippen LogP contribution in [0.3, 0.4) is 0 Å². The van der Waals surface area contributed by atoms with Gasteiger partial charge in [-0.05, 0) is 63.7 Å². The number of hydrogen-bond acceptors (Lipinski definition) is 6. The lowest BCUT2D eigenvalue weighted by Gasteiger charge is -2.52. The van der Waals surface area contributed by atoms with Crippen molar-refractivity contribution in [3.63, 3.8) is 0 Å². The zero-order chi connectivity index (χ0) is 29.1. The summed E-state index contributed by atoms with van der Waals surface area (Å²) in [6.45, 7) is 4.46. The summed E-state index contributed by atoms with van der Waals surface area (Å²) in [6, 6.07) is 19.5. The molecule has 0 saturated carbocycles. The number of carbonyl (C=O) groups is 3. The number of ether oxygens (including phenoxy) is 1. The fraction of sp³-hybridized carbons (Fsp3) is 0.531. The van der Waals surface area contributed by atoms with E-state index in [-0.39, 0.29) is 18.4 Å². The molecule has 41 heavy (non-hydrogen) atoms. The van der Waals surface area contributed by atoms with E-state index in [2.05, 4.69) is 44.7 Å². The molecule has 9 heteroatoms. The van der Waals surface area contributed by atoms with Gasteiger partial charge in [0.25, 0.3) is 0 Å². The van der Waals surface area contributed by atoms with Gasteiger partial charge in [-0.2, -0.15) is 0 Å². The van der Waals surface area contributed by atoms with Gasteiger partial charge in [-0.15, -0.1) is 0 Å². The van der Waals surface area contributed by atoms with Crippen LogP contribution in [-0.4, -0.2) is 97.6 Å². The first-order valence-electron chi connectivity index (χ1n) is 14.9. The second-order valence-corrected chi connectivity index (χ2v) is 11.4. The number of benzene rings is 2. The number of alkyl carbamates (subject to hydrolysis) is 1. The molecular formula is C32H45N5O4. The lowest BCUT2D eigenvalue weighted by Crippen LogP contribution is -2.73. The third-order valence-electron chi connectivity index (χ3n) is 8.22. The van der Waals surface area contributed by atoms with Gasteiger partial charge in [-0.3, -0.25) is 9.59 Å². The van der Waals surface area contributed by atoms with Crippen molar-refractivity contribution in [3.8, 4) is 0 Å². The molecule has 2 aliphatic heterocycles. The van der Waals surface area contributed by atoms with E-state index in [1.54, 1.807) is 0 Å². The molecule has 4 rings (SSSR count). The Morgan fingerprint density at radius 1 is 0.976 bits per heavy atom. The highest BCUT2D eigenvalue weighted by Crippen LogP contribution is 2.33. The van der Waals surface area contributed by atoms with Crippen LogP contribution in [0.1, 0.15) is 43.2 Å². The Hall–Kier alpha value is -3.43. The van der Waals surface area contributed by atoms with E-state index in [1.165, 1.54) is 5.56 Å². The Morgan fingerprint density at radius 3 is 2.29 bits per heavy atom. The molecule has 2 aromatic carbocycles. The molecule has 1 spiro atoms. The molecule has 0 bridgehead atoms. The van der Waals surface area contributed by atoms with Crippen molar-refractivity contribution < 1.29 is 19.1 Å². The van der Waals surface area contributed by atoms with Gasteiger partial charge in [-0.25, -0.2) is 4.79 Å². The highest BCUT2D eigenvalue weighted by Gasteiger charge is 2.53. The van der Waals surface area contributed by atoms with E-state index in [4.69, 9.17) is 4.74 Å². The molecule has 2 N–H and O–H groups in total. The van der Waals surface area contributed by atoms with Crippen LogP contribution < -0.4 is 10.6 Å². The number of likely N-dealkylation sites (tertiary alicyclic amines) is 1. The van der Waals surface area contributed by atoms with Gasteiger partial charge in [0.2, 0.25) is 11.8 Å². The maximum Gasteiger partial charge on any atom is 0.407 e. The Kier molecular flexibility index (Phi) is 11.2. The molecule has 0 unspecified atom stereocenters. The second kappa shape index (κ2) is 15.0. The molecule has 0 radical (unpaired) electrons. The second-order valence-electron chi connectivity index (χ2n) is 11.4. The molecule has 0 aliphatic carbocycles. The van der Waals surface area contributed by atoms with Crippen LogP contribution in [-0.2, 0) is 27.4 Å². The Morgan fingerprint density at radius 2 is 1.63 bits per heavy atom. The number of hydrogen-bond donors (Lipinski definition) is 2. The first-order valence-corrected chi connectivity index (χ1v) is 14.9. The minimum Gasteiger partial charge on any atom is -0.445 e. The van der Waals surface area contributed by atoms with Gasteiger partial charge < -0.3 is 30.1 Å². The zero-order valence-corrected chi connectivity index (χ0v) is 24.5. The number of likely N-dealkylation sites (N-methyl/N-ethyl adjacent to an activating group) is 1. The monoisotopic (exact) mass is 563 g/mol. The van der Waals surface area contributed by atoms with Gasteiger partial charge in [0.1, 0.15) is 18.2 Å². The van der Waals surface area contributed by atoms with E-state index in [0.29, 0.717) is 51.7 Å². The lowest BCUT2D eigenvalue weighted by atomic mass is 9.81. The SMILES string of the molecule is CN(C)CCN1C(=O)[C@H](CCCCNC(=O)OCc2ccccc2)NC(=O)C12CCN(CCc1ccccc1)CC2. The van der Waals surface area contributed by atoms with Crippen molar-refractivity contribution in [2.45, 2.75) is 56.7 Å². The van der Waals surface area contributed by atoms with Crippen molar-refractivity contribution in [2.75, 3.05) is 53.4 Å². The summed E-state index contributed by atoms with van der Waals surface area (Å²) in [5.74, 6) is -0.00871. The molecule has 2 saturated heterocycles. The van der Waals surface area contributed by atoms with Crippen molar-refractivity contribution >= 4 is 17.9 Å². The molecule has 3 amide bonds. The number of carbonyl (C=O) groups excluding carboxylic acids is 3. The maximum atomic E-state index is 13.7. The minimum atomic E-state index is -0.781. The maximum absolute atomic E-state index is 13.7. The summed E-state index contributed by atoms with van der Waals surface area (Å²) in [4.78, 5) is 45.7. The molecule has 2 fully saturated rings. The Labute approximate surface area is 244 Å². The van der Waals surface area contributed by atoms with E-state index >= 15 is 0 Å². The van der Waals surface area contributed by atoms with Crippen molar-refractivity contribution in [1.29, 1.82) is 0 Å². The Bertz CT molecular complexity index is 1120. The normalized spacial score (nSPS) is 18.9. The summed E-state index contributed by atoms with van der Waals surface area (Å²) in [5, 5.41) is 5.85. The van der Waals surface area contributed by atoms with Crippen molar-refractivity contribution in [3.05, 3.63) is 71.8 Å². The summed E-state index contributed by atoms with van der Waals surface area (Å²) >= 11 is 0. The van der Waals surface area contributed by atoms with Crippen LogP contribution >= 0.6 is 0 Å². The molecule has 9 nitrogen and oxygen atoms in total. The number of nitrogens with one attached hydrogen (secondary N) is 2. The van der Waals surface area contributed by atoms with E-state index in [9.17, 15) is 14.4 Å². The van der Waals surface area contributed by atoms with Gasteiger partial charge >= 0.3 is 6.09 Å². The number of amides is 3. The van der Waals surface area contributed by atoms with Crippen LogP contribution in [0.4, 0.5) is 4.79 Å². The van der Waals surface area contributed by atoms with Gasteiger partial charge in [0.05, 0.1) is 0 Å². The fourth-order valence-corrected chi connectivity index (χ4v) is 5.71. The quantitative estimate of drug-likeness (QED) is 0.364. The summed E-state index contributed by atoms with van der Waals surface area (Å²) < 4.78 is 5.25. The largest absolute Gasteiger partial charge is 0.445 e. The average molecular weight is 564 g/mol. The third-order valence-corrected chi connectivity index (χ3v) is 8.22. The topological polar surface area (TPSA) is 94.2 Å². The molecule has 222 valence electrons. The number of piperidine rings is 1. The van der Waals surface area contributed by atoms with Gasteiger partial charge in [0, 0.05) is 39.3 Å². The molecular weight excluding hydrogens is 518 g/mol. The highest BCUT2D eigenvalue weighted by atomic mass is 16.5. The number of nitrogens with zero attached hydrogens (tertiary/aromatic N) is 3. The van der Waals surface area contributed by atoms with Crippen LogP contribution in [0.15, 0.2) is 60.7 Å². The van der Waals surface area contributed by atoms with E-state index in [0.717, 1.165) is 31.6 Å². The third kappa shape index (κ3) is 8.53. The molecule has 0 aromatic heterocycles. The Balaban J connectivity index is 1.25. The molecule has 2 aromatic rings. The smallest absolute Gasteiger partial charge is 0.407 e. The lowest BCUT2D eigenvalue weighted by molar-refractivity contribution is -0.161. The number of rotatable bonds is 13. The summed E-state index contributed by atoms with van der Waals surface area (Å²) in [5.41, 5.74) is 1.47. The predicted molar refractivity (Wildman–Crippen MR) is 159 cm³/mol. The highest BCUT2D eigenvalue weighted by molar-refractivity contribution is 6.00. The van der Waals surface area contributed by atoms with Gasteiger partial charge in [-0.1, -0.05) is 60.7 Å². The summed E-state index contributed by atoms with van der Waals surface area (Å²) in [7, 11) is 3.98. The van der Waals surface area contributed by atoms with Crippen molar-refractivity contribution in [1.82, 2.24) is 25.3 Å². The van der Waals surface area contributed by atoms with E-state index in [1.807, 2.05) is 55.4 Å². The molecule has 2 heterocycles. The number of piperazine rings is 1. The average Bonchev–Trinajstić information content (AvgIpc) is 2.99. The minimum absolute atomic E-state index is 0.0133. The number of unbranched alkanes of at least 4 members (excludes halogenated alkanes) is 1. The van der Waals surface area contributed by atoms with Crippen LogP contribution in [0.2, 0.25) is 0 Å². The summed E-state index contributed by atoms with van der Waals surface area (Å²) in [6.07, 6.45) is 3.76. The van der Waals surface area contributed by atoms with Crippen LogP contribution in [0.5, 0.6) is 0 Å². The van der Waals surface area contributed by atoms with Crippen molar-refractivity contribution in [2.24, 2.45) is 0 Å². The van der Waals surface area contributed by atoms with Crippen LogP contribution in [0, 0.1) is 0 Å². The fourth-order valence-electron chi connectivity index (χ4n) is 5.71. The van der Waals surface area contributed by atoms with E-state index < -0.39 is 17.7 Å². The van der Waals surface area contributed by atoms with Gasteiger partial charge in [0.15, 0.2) is 0 Å². The first kappa shape index (κ1) is 30.5.